The van der Waals surface area contributed by atoms with Gasteiger partial charge in [0.2, 0.25) is 0 Å². The highest BCUT2D eigenvalue weighted by molar-refractivity contribution is 9.10. The number of allylic oxidation sites excluding steroid dienone is 1. The molecule has 0 fully saturated rings. The molecule has 2 heterocycles. The minimum absolute atomic E-state index is 0.140. The fraction of sp³-hybridized carbons (Fsp3) is 0.231. The van der Waals surface area contributed by atoms with Crippen LogP contribution in [-0.4, -0.2) is 43.4 Å². The van der Waals surface area contributed by atoms with Crippen molar-refractivity contribution in [2.24, 2.45) is 4.99 Å². The number of ether oxygens (including phenoxy) is 5. The Balaban J connectivity index is 1.50. The van der Waals surface area contributed by atoms with Crippen LogP contribution in [0.5, 0.6) is 17.2 Å². The number of hydrogen-bond acceptors (Lipinski definition) is 10. The van der Waals surface area contributed by atoms with Gasteiger partial charge in [0.15, 0.2) is 22.9 Å². The van der Waals surface area contributed by atoms with Gasteiger partial charge < -0.3 is 23.7 Å². The molecule has 1 aliphatic heterocycles. The van der Waals surface area contributed by atoms with Gasteiger partial charge in [-0.1, -0.05) is 75.8 Å². The molecule has 262 valence electrons. The third-order valence-electron chi connectivity index (χ3n) is 8.19. The van der Waals surface area contributed by atoms with Crippen molar-refractivity contribution in [2.75, 3.05) is 26.9 Å². The Bertz CT molecular complexity index is 2330. The molecule has 1 atom stereocenters. The van der Waals surface area contributed by atoms with Crippen molar-refractivity contribution in [2.45, 2.75) is 33.4 Å². The minimum atomic E-state index is -0.892. The molecule has 0 N–H and O–H groups in total. The van der Waals surface area contributed by atoms with Gasteiger partial charge in [-0.3, -0.25) is 9.36 Å². The fourth-order valence-electron chi connectivity index (χ4n) is 5.81. The molecule has 0 saturated heterocycles. The zero-order chi connectivity index (χ0) is 36.1. The fourth-order valence-corrected chi connectivity index (χ4v) is 7.10. The van der Waals surface area contributed by atoms with Crippen LogP contribution in [0.15, 0.2) is 104 Å². The van der Waals surface area contributed by atoms with Crippen molar-refractivity contribution in [3.05, 3.63) is 131 Å². The first kappa shape index (κ1) is 35.6. The lowest BCUT2D eigenvalue weighted by molar-refractivity contribution is -0.143. The van der Waals surface area contributed by atoms with E-state index < -0.39 is 18.0 Å². The van der Waals surface area contributed by atoms with Gasteiger partial charge >= 0.3 is 11.9 Å². The van der Waals surface area contributed by atoms with E-state index in [2.05, 4.69) is 15.9 Å². The van der Waals surface area contributed by atoms with E-state index in [1.807, 2.05) is 73.7 Å². The van der Waals surface area contributed by atoms with E-state index in [1.54, 1.807) is 32.0 Å². The number of methoxy groups -OCH3 is 1. The summed E-state index contributed by atoms with van der Waals surface area (Å²) in [7, 11) is 1.28. The first-order valence-electron chi connectivity index (χ1n) is 16.3. The summed E-state index contributed by atoms with van der Waals surface area (Å²) in [6, 6.07) is 23.9. The van der Waals surface area contributed by atoms with Crippen molar-refractivity contribution in [3.63, 3.8) is 0 Å². The number of carbonyl (C=O) groups excluding carboxylic acids is 2. The van der Waals surface area contributed by atoms with E-state index in [1.165, 1.54) is 23.0 Å². The average Bonchev–Trinajstić information content (AvgIpc) is 3.44. The van der Waals surface area contributed by atoms with Crippen molar-refractivity contribution in [3.8, 4) is 17.2 Å². The highest BCUT2D eigenvalue weighted by Crippen LogP contribution is 2.37. The van der Waals surface area contributed by atoms with Crippen LogP contribution >= 0.6 is 27.3 Å². The maximum atomic E-state index is 14.5. The van der Waals surface area contributed by atoms with Crippen LogP contribution in [0.1, 0.15) is 43.5 Å². The largest absolute Gasteiger partial charge is 0.490 e. The molecule has 0 bridgehead atoms. The summed E-state index contributed by atoms with van der Waals surface area (Å²) in [6.07, 6.45) is 1.83. The van der Waals surface area contributed by atoms with E-state index in [0.29, 0.717) is 51.1 Å². The first-order valence-corrected chi connectivity index (χ1v) is 17.9. The number of nitrogens with zero attached hydrogens (tertiary/aromatic N) is 2. The number of esters is 2. The molecule has 1 aromatic heterocycles. The van der Waals surface area contributed by atoms with Gasteiger partial charge in [-0.05, 0) is 79.1 Å². The highest BCUT2D eigenvalue weighted by Gasteiger charge is 2.34. The molecule has 0 amide bonds. The van der Waals surface area contributed by atoms with Crippen molar-refractivity contribution in [1.29, 1.82) is 0 Å². The normalized spacial score (nSPS) is 14.1. The molecule has 4 aromatic carbocycles. The lowest BCUT2D eigenvalue weighted by Crippen LogP contribution is -2.40. The standard InChI is InChI=1S/C39H35BrN2O8S/c1-5-47-32-19-26(14-18-31(32)50-22-34(43)46-4)36-35(38(45)48-6-2)23(3)41-39-42(36)37(44)33(51-39)20-29-28-10-8-7-9-25(28)13-17-30(29)49-21-24-11-15-27(40)16-12-24/h7-20,36H,5-6,21-22H2,1-4H3/b33-20+/t36-/m1/s1. The number of hydrogen-bond donors (Lipinski definition) is 0. The number of benzene rings is 4. The van der Waals surface area contributed by atoms with Crippen molar-refractivity contribution < 1.29 is 33.3 Å². The summed E-state index contributed by atoms with van der Waals surface area (Å²) < 4.78 is 31.0. The molecule has 0 aliphatic carbocycles. The Morgan fingerprint density at radius 3 is 2.43 bits per heavy atom. The molecular formula is C39H35BrN2O8S. The Hall–Kier alpha value is -5.20. The quantitative estimate of drug-likeness (QED) is 0.137. The summed E-state index contributed by atoms with van der Waals surface area (Å²) in [6.45, 7) is 5.72. The summed E-state index contributed by atoms with van der Waals surface area (Å²) in [5, 5.41) is 1.91. The Morgan fingerprint density at radius 1 is 0.922 bits per heavy atom. The maximum absolute atomic E-state index is 14.5. The highest BCUT2D eigenvalue weighted by atomic mass is 79.9. The lowest BCUT2D eigenvalue weighted by atomic mass is 9.95. The second-order valence-corrected chi connectivity index (χ2v) is 13.3. The first-order chi connectivity index (χ1) is 24.7. The predicted molar refractivity (Wildman–Crippen MR) is 198 cm³/mol. The molecule has 0 radical (unpaired) electrons. The topological polar surface area (TPSA) is 115 Å². The third kappa shape index (κ3) is 7.62. The molecule has 5 aromatic rings. The molecule has 1 aliphatic rings. The van der Waals surface area contributed by atoms with Crippen LogP contribution in [0.3, 0.4) is 0 Å². The third-order valence-corrected chi connectivity index (χ3v) is 9.70. The van der Waals surface area contributed by atoms with Crippen LogP contribution in [0.25, 0.3) is 16.8 Å². The van der Waals surface area contributed by atoms with Crippen LogP contribution in [0.4, 0.5) is 0 Å². The van der Waals surface area contributed by atoms with Gasteiger partial charge in [0.05, 0.1) is 42.2 Å². The van der Waals surface area contributed by atoms with Gasteiger partial charge in [0, 0.05) is 10.0 Å². The van der Waals surface area contributed by atoms with E-state index >= 15 is 0 Å². The number of thiazole rings is 1. The van der Waals surface area contributed by atoms with Crippen molar-refractivity contribution in [1.82, 2.24) is 4.57 Å². The average molecular weight is 772 g/mol. The Kier molecular flexibility index (Phi) is 11.0. The van der Waals surface area contributed by atoms with Crippen LogP contribution in [-0.2, 0) is 25.7 Å². The van der Waals surface area contributed by atoms with Crippen LogP contribution in [0.2, 0.25) is 0 Å². The van der Waals surface area contributed by atoms with Gasteiger partial charge in [0.1, 0.15) is 12.4 Å². The zero-order valence-corrected chi connectivity index (χ0v) is 30.8. The molecule has 6 rings (SSSR count). The van der Waals surface area contributed by atoms with Crippen molar-refractivity contribution >= 4 is 56.1 Å². The maximum Gasteiger partial charge on any atom is 0.343 e. The van der Waals surface area contributed by atoms with Crippen LogP contribution in [0, 0.1) is 0 Å². The molecule has 12 heteroatoms. The molecule has 51 heavy (non-hydrogen) atoms. The number of halogens is 1. The van der Waals surface area contributed by atoms with E-state index in [-0.39, 0.29) is 24.3 Å². The number of carbonyl (C=O) groups is 2. The SMILES string of the molecule is CCOC(=O)C1=C(C)N=c2s/c(=C/c3c(OCc4ccc(Br)cc4)ccc4ccccc34)c(=O)n2[C@@H]1c1ccc(OCC(=O)OC)c(OCC)c1. The van der Waals surface area contributed by atoms with E-state index in [4.69, 9.17) is 28.7 Å². The Morgan fingerprint density at radius 2 is 1.69 bits per heavy atom. The van der Waals surface area contributed by atoms with Gasteiger partial charge in [0.25, 0.3) is 5.56 Å². The molecular weight excluding hydrogens is 736 g/mol. The summed E-state index contributed by atoms with van der Waals surface area (Å²) in [4.78, 5) is 45.0. The number of fused-ring (bicyclic) bond motifs is 2. The Labute approximate surface area is 306 Å². The van der Waals surface area contributed by atoms with Gasteiger partial charge in [-0.25, -0.2) is 14.6 Å². The smallest absolute Gasteiger partial charge is 0.343 e. The number of aromatic nitrogens is 1. The summed E-state index contributed by atoms with van der Waals surface area (Å²) in [5.74, 6) is 0.126. The monoisotopic (exact) mass is 770 g/mol. The predicted octanol–water partition coefficient (Wildman–Crippen LogP) is 6.24. The summed E-state index contributed by atoms with van der Waals surface area (Å²) in [5.41, 5.74) is 2.63. The number of rotatable bonds is 12. The minimum Gasteiger partial charge on any atom is -0.490 e. The molecule has 0 unspecified atom stereocenters. The van der Waals surface area contributed by atoms with E-state index in [0.717, 1.165) is 26.4 Å². The molecule has 0 saturated carbocycles. The van der Waals surface area contributed by atoms with Gasteiger partial charge in [-0.2, -0.15) is 0 Å². The summed E-state index contributed by atoms with van der Waals surface area (Å²) >= 11 is 4.70. The zero-order valence-electron chi connectivity index (χ0n) is 28.4. The van der Waals surface area contributed by atoms with E-state index in [9.17, 15) is 14.4 Å². The molecule has 10 nitrogen and oxygen atoms in total. The van der Waals surface area contributed by atoms with Gasteiger partial charge in [-0.15, -0.1) is 0 Å². The second kappa shape index (κ2) is 15.8. The van der Waals surface area contributed by atoms with Crippen LogP contribution < -0.4 is 29.1 Å². The molecule has 0 spiro atoms. The second-order valence-electron chi connectivity index (χ2n) is 11.4. The lowest BCUT2D eigenvalue weighted by Gasteiger charge is -2.25.